The maximum absolute atomic E-state index is 7.43. The lowest BCUT2D eigenvalue weighted by Crippen LogP contribution is -2.37. The van der Waals surface area contributed by atoms with Crippen LogP contribution in [0.5, 0.6) is 0 Å². The van der Waals surface area contributed by atoms with Gasteiger partial charge >= 0.3 is 0 Å². The Morgan fingerprint density at radius 3 is 2.75 bits per heavy atom. The summed E-state index contributed by atoms with van der Waals surface area (Å²) in [7, 11) is 1.94. The normalized spacial score (nSPS) is 18.8. The van der Waals surface area contributed by atoms with Crippen molar-refractivity contribution >= 4 is 5.84 Å². The molecule has 0 bridgehead atoms. The smallest absolute Gasteiger partial charge is 0.0937 e. The second-order valence-electron chi connectivity index (χ2n) is 4.53. The topological polar surface area (TPSA) is 70.9 Å². The molecule has 1 aromatic rings. The van der Waals surface area contributed by atoms with E-state index in [1.54, 1.807) is 0 Å². The zero-order chi connectivity index (χ0) is 11.5. The molecule has 0 saturated carbocycles. The highest BCUT2D eigenvalue weighted by molar-refractivity contribution is 5.79. The first-order valence-corrected chi connectivity index (χ1v) is 5.69. The SMILES string of the molecule is Cn1cc(CN2CCC(C(=N)N)CC2)cn1. The van der Waals surface area contributed by atoms with Crippen molar-refractivity contribution in [1.82, 2.24) is 14.7 Å². The molecule has 16 heavy (non-hydrogen) atoms. The third-order valence-electron chi connectivity index (χ3n) is 3.19. The molecule has 1 aromatic heterocycles. The van der Waals surface area contributed by atoms with Crippen LogP contribution in [-0.2, 0) is 13.6 Å². The highest BCUT2D eigenvalue weighted by atomic mass is 15.2. The van der Waals surface area contributed by atoms with Crippen molar-refractivity contribution in [2.24, 2.45) is 18.7 Å². The van der Waals surface area contributed by atoms with Crippen molar-refractivity contribution in [2.45, 2.75) is 19.4 Å². The lowest BCUT2D eigenvalue weighted by molar-refractivity contribution is 0.201. The molecule has 1 saturated heterocycles. The molecule has 3 N–H and O–H groups in total. The van der Waals surface area contributed by atoms with Crippen LogP contribution >= 0.6 is 0 Å². The van der Waals surface area contributed by atoms with Crippen molar-refractivity contribution in [3.63, 3.8) is 0 Å². The second-order valence-corrected chi connectivity index (χ2v) is 4.53. The Labute approximate surface area is 95.7 Å². The standard InChI is InChI=1S/C11H19N5/c1-15-7-9(6-14-15)8-16-4-2-10(3-5-16)11(12)13/h6-7,10H,2-5,8H2,1H3,(H3,12,13). The molecule has 0 radical (unpaired) electrons. The van der Waals surface area contributed by atoms with Gasteiger partial charge < -0.3 is 5.73 Å². The lowest BCUT2D eigenvalue weighted by atomic mass is 9.96. The van der Waals surface area contributed by atoms with Gasteiger partial charge in [0.2, 0.25) is 0 Å². The van der Waals surface area contributed by atoms with Crippen LogP contribution in [0, 0.1) is 11.3 Å². The summed E-state index contributed by atoms with van der Waals surface area (Å²) in [6.45, 7) is 3.01. The Bertz CT molecular complexity index is 362. The zero-order valence-corrected chi connectivity index (χ0v) is 9.69. The van der Waals surface area contributed by atoms with Crippen LogP contribution in [0.25, 0.3) is 0 Å². The lowest BCUT2D eigenvalue weighted by Gasteiger charge is -2.30. The molecule has 5 heteroatoms. The summed E-state index contributed by atoms with van der Waals surface area (Å²) in [5.41, 5.74) is 6.77. The van der Waals surface area contributed by atoms with E-state index in [2.05, 4.69) is 16.2 Å². The summed E-state index contributed by atoms with van der Waals surface area (Å²) in [6, 6.07) is 0. The first kappa shape index (κ1) is 11.1. The summed E-state index contributed by atoms with van der Waals surface area (Å²) < 4.78 is 1.83. The molecule has 1 fully saturated rings. The molecule has 2 heterocycles. The van der Waals surface area contributed by atoms with Crippen LogP contribution in [0.1, 0.15) is 18.4 Å². The number of nitrogens with one attached hydrogen (secondary N) is 1. The number of aryl methyl sites for hydroxylation is 1. The van der Waals surface area contributed by atoms with Gasteiger partial charge in [-0.2, -0.15) is 5.10 Å². The Kier molecular flexibility index (Phi) is 3.24. The van der Waals surface area contributed by atoms with E-state index in [-0.39, 0.29) is 0 Å². The molecule has 5 nitrogen and oxygen atoms in total. The van der Waals surface area contributed by atoms with E-state index in [9.17, 15) is 0 Å². The fraction of sp³-hybridized carbons (Fsp3) is 0.636. The summed E-state index contributed by atoms with van der Waals surface area (Å²) >= 11 is 0. The van der Waals surface area contributed by atoms with Gasteiger partial charge in [-0.3, -0.25) is 15.0 Å². The van der Waals surface area contributed by atoms with E-state index < -0.39 is 0 Å². The average molecular weight is 221 g/mol. The van der Waals surface area contributed by atoms with Crippen LogP contribution in [0.4, 0.5) is 0 Å². The van der Waals surface area contributed by atoms with E-state index in [4.69, 9.17) is 11.1 Å². The number of likely N-dealkylation sites (tertiary alicyclic amines) is 1. The molecule has 0 spiro atoms. The molecule has 0 atom stereocenters. The van der Waals surface area contributed by atoms with Gasteiger partial charge in [-0.1, -0.05) is 0 Å². The second kappa shape index (κ2) is 4.65. The fourth-order valence-electron chi connectivity index (χ4n) is 2.21. The Morgan fingerprint density at radius 2 is 2.25 bits per heavy atom. The van der Waals surface area contributed by atoms with Crippen molar-refractivity contribution in [3.05, 3.63) is 18.0 Å². The van der Waals surface area contributed by atoms with Gasteiger partial charge in [0.25, 0.3) is 0 Å². The van der Waals surface area contributed by atoms with E-state index in [1.165, 1.54) is 5.56 Å². The molecule has 0 amide bonds. The fourth-order valence-corrected chi connectivity index (χ4v) is 2.21. The van der Waals surface area contributed by atoms with Gasteiger partial charge in [0.05, 0.1) is 12.0 Å². The number of rotatable bonds is 3. The minimum atomic E-state index is 0.296. The van der Waals surface area contributed by atoms with Crippen LogP contribution in [0.2, 0.25) is 0 Å². The third kappa shape index (κ3) is 2.61. The Morgan fingerprint density at radius 1 is 1.56 bits per heavy atom. The Hall–Kier alpha value is -1.36. The largest absolute Gasteiger partial charge is 0.387 e. The first-order chi connectivity index (χ1) is 7.65. The highest BCUT2D eigenvalue weighted by Crippen LogP contribution is 2.18. The van der Waals surface area contributed by atoms with Gasteiger partial charge in [-0.25, -0.2) is 0 Å². The highest BCUT2D eigenvalue weighted by Gasteiger charge is 2.21. The molecule has 1 aliphatic rings. The van der Waals surface area contributed by atoms with Gasteiger partial charge in [-0.05, 0) is 25.9 Å². The first-order valence-electron chi connectivity index (χ1n) is 5.69. The summed E-state index contributed by atoms with van der Waals surface area (Å²) in [5, 5.41) is 11.6. The van der Waals surface area contributed by atoms with Crippen LogP contribution in [-0.4, -0.2) is 33.6 Å². The molecule has 2 rings (SSSR count). The quantitative estimate of drug-likeness (QED) is 0.579. The van der Waals surface area contributed by atoms with Crippen LogP contribution in [0.3, 0.4) is 0 Å². The summed E-state index contributed by atoms with van der Waals surface area (Å²) in [4.78, 5) is 2.40. The maximum Gasteiger partial charge on any atom is 0.0937 e. The van der Waals surface area contributed by atoms with Gasteiger partial charge in [-0.15, -0.1) is 0 Å². The molecule has 1 aliphatic heterocycles. The Balaban J connectivity index is 1.83. The van der Waals surface area contributed by atoms with Crippen molar-refractivity contribution in [3.8, 4) is 0 Å². The molecule has 0 aromatic carbocycles. The van der Waals surface area contributed by atoms with Crippen LogP contribution in [0.15, 0.2) is 12.4 Å². The monoisotopic (exact) mass is 221 g/mol. The molecule has 0 unspecified atom stereocenters. The van der Waals surface area contributed by atoms with E-state index >= 15 is 0 Å². The molecular weight excluding hydrogens is 202 g/mol. The summed E-state index contributed by atoms with van der Waals surface area (Å²) in [6.07, 6.45) is 5.99. The number of nitrogens with two attached hydrogens (primary N) is 1. The van der Waals surface area contributed by atoms with Gasteiger partial charge in [0.1, 0.15) is 0 Å². The molecule has 0 aliphatic carbocycles. The van der Waals surface area contributed by atoms with Gasteiger partial charge in [0.15, 0.2) is 0 Å². The number of amidine groups is 1. The van der Waals surface area contributed by atoms with Crippen molar-refractivity contribution < 1.29 is 0 Å². The number of hydrogen-bond acceptors (Lipinski definition) is 3. The number of hydrogen-bond donors (Lipinski definition) is 2. The molecule has 88 valence electrons. The van der Waals surface area contributed by atoms with Crippen molar-refractivity contribution in [2.75, 3.05) is 13.1 Å². The van der Waals surface area contributed by atoms with Gasteiger partial charge in [0, 0.05) is 31.3 Å². The predicted molar refractivity (Wildman–Crippen MR) is 63.1 cm³/mol. The predicted octanol–water partition coefficient (Wildman–Crippen LogP) is 0.568. The van der Waals surface area contributed by atoms with Crippen LogP contribution < -0.4 is 5.73 Å². The number of aromatic nitrogens is 2. The van der Waals surface area contributed by atoms with E-state index in [0.29, 0.717) is 11.8 Å². The minimum Gasteiger partial charge on any atom is -0.387 e. The maximum atomic E-state index is 7.43. The average Bonchev–Trinajstić information content (AvgIpc) is 2.65. The van der Waals surface area contributed by atoms with E-state index in [1.807, 2.05) is 17.9 Å². The third-order valence-corrected chi connectivity index (χ3v) is 3.19. The minimum absolute atomic E-state index is 0.296. The number of nitrogens with zero attached hydrogens (tertiary/aromatic N) is 3. The van der Waals surface area contributed by atoms with E-state index in [0.717, 1.165) is 32.5 Å². The number of piperidine rings is 1. The zero-order valence-electron chi connectivity index (χ0n) is 9.69. The molecular formula is C11H19N5. The van der Waals surface area contributed by atoms with Crippen molar-refractivity contribution in [1.29, 1.82) is 5.41 Å². The summed E-state index contributed by atoms with van der Waals surface area (Å²) in [5.74, 6) is 0.645.